The van der Waals surface area contributed by atoms with Gasteiger partial charge in [0.25, 0.3) is 0 Å². The maximum absolute atomic E-state index is 13.8. The van der Waals surface area contributed by atoms with Gasteiger partial charge in [0.1, 0.15) is 0 Å². The SMILES string of the molecule is COc1cc2c(cc1OC(C)C)[C@H](c1ccc(Cl)cc1)N(c1ccc(N(C)CC3CCNCC3)cc1)C(=O)C2. The van der Waals surface area contributed by atoms with Gasteiger partial charge in [-0.15, -0.1) is 0 Å². The van der Waals surface area contributed by atoms with Gasteiger partial charge in [0.05, 0.1) is 25.7 Å². The molecule has 2 aliphatic heterocycles. The molecule has 2 aliphatic rings. The topological polar surface area (TPSA) is 54.0 Å². The second-order valence-corrected chi connectivity index (χ2v) is 11.3. The van der Waals surface area contributed by atoms with E-state index in [1.165, 1.54) is 12.8 Å². The number of amides is 1. The van der Waals surface area contributed by atoms with E-state index in [2.05, 4.69) is 41.5 Å². The third-order valence-electron chi connectivity index (χ3n) is 7.70. The summed E-state index contributed by atoms with van der Waals surface area (Å²) in [7, 11) is 3.78. The minimum absolute atomic E-state index is 0.0123. The number of halogens is 1. The Morgan fingerprint density at radius 3 is 2.36 bits per heavy atom. The first-order chi connectivity index (χ1) is 18.8. The Bertz CT molecular complexity index is 1290. The van der Waals surface area contributed by atoms with Crippen LogP contribution in [-0.4, -0.2) is 45.8 Å². The van der Waals surface area contributed by atoms with Crippen LogP contribution in [0.25, 0.3) is 0 Å². The van der Waals surface area contributed by atoms with Crippen molar-refractivity contribution in [3.05, 3.63) is 82.4 Å². The predicted molar refractivity (Wildman–Crippen MR) is 159 cm³/mol. The molecule has 39 heavy (non-hydrogen) atoms. The van der Waals surface area contributed by atoms with Crippen molar-refractivity contribution >= 4 is 28.9 Å². The van der Waals surface area contributed by atoms with Gasteiger partial charge in [-0.05, 0) is 111 Å². The van der Waals surface area contributed by atoms with E-state index in [9.17, 15) is 4.79 Å². The summed E-state index contributed by atoms with van der Waals surface area (Å²) < 4.78 is 11.7. The molecule has 6 nitrogen and oxygen atoms in total. The van der Waals surface area contributed by atoms with E-state index in [4.69, 9.17) is 21.1 Å². The van der Waals surface area contributed by atoms with Crippen LogP contribution in [0.3, 0.4) is 0 Å². The van der Waals surface area contributed by atoms with Gasteiger partial charge >= 0.3 is 0 Å². The van der Waals surface area contributed by atoms with Crippen LogP contribution in [0, 0.1) is 5.92 Å². The molecular formula is C32H38ClN3O3. The number of nitrogens with zero attached hydrogens (tertiary/aromatic N) is 2. The lowest BCUT2D eigenvalue weighted by atomic mass is 9.86. The van der Waals surface area contributed by atoms with Crippen LogP contribution in [0.2, 0.25) is 5.02 Å². The summed E-state index contributed by atoms with van der Waals surface area (Å²) >= 11 is 6.25. The average Bonchev–Trinajstić information content (AvgIpc) is 2.93. The van der Waals surface area contributed by atoms with Crippen molar-refractivity contribution < 1.29 is 14.3 Å². The Labute approximate surface area is 236 Å². The predicted octanol–water partition coefficient (Wildman–Crippen LogP) is 6.25. The number of ether oxygens (including phenoxy) is 2. The average molecular weight is 548 g/mol. The maximum atomic E-state index is 13.8. The minimum atomic E-state index is -0.322. The van der Waals surface area contributed by atoms with Gasteiger partial charge in [0.2, 0.25) is 5.91 Å². The smallest absolute Gasteiger partial charge is 0.232 e. The molecule has 0 aromatic heterocycles. The Hall–Kier alpha value is -3.22. The highest BCUT2D eigenvalue weighted by atomic mass is 35.5. The van der Waals surface area contributed by atoms with Crippen LogP contribution in [0.5, 0.6) is 11.5 Å². The molecule has 1 saturated heterocycles. The van der Waals surface area contributed by atoms with E-state index in [0.717, 1.165) is 47.7 Å². The van der Waals surface area contributed by atoms with Gasteiger partial charge in [-0.3, -0.25) is 4.79 Å². The Balaban J connectivity index is 1.51. The van der Waals surface area contributed by atoms with Crippen LogP contribution in [0.15, 0.2) is 60.7 Å². The Morgan fingerprint density at radius 1 is 1.03 bits per heavy atom. The Morgan fingerprint density at radius 2 is 1.72 bits per heavy atom. The molecule has 1 amide bonds. The number of benzene rings is 3. The highest BCUT2D eigenvalue weighted by Gasteiger charge is 2.36. The molecule has 0 spiro atoms. The number of fused-ring (bicyclic) bond motifs is 1. The zero-order valence-corrected chi connectivity index (χ0v) is 24.0. The van der Waals surface area contributed by atoms with Crippen molar-refractivity contribution in [2.75, 3.05) is 43.6 Å². The number of hydrogen-bond donors (Lipinski definition) is 1. The molecular weight excluding hydrogens is 510 g/mol. The number of rotatable bonds is 8. The van der Waals surface area contributed by atoms with Crippen LogP contribution >= 0.6 is 11.6 Å². The number of piperidine rings is 1. The van der Waals surface area contributed by atoms with Gasteiger partial charge in [0.15, 0.2) is 11.5 Å². The van der Waals surface area contributed by atoms with Crippen molar-refractivity contribution in [2.24, 2.45) is 5.92 Å². The largest absolute Gasteiger partial charge is 0.493 e. The standard InChI is InChI=1S/C32H38ClN3O3/c1-21(2)39-30-19-28-24(17-29(30)38-4)18-31(37)36(32(28)23-5-7-25(33)8-6-23)27-11-9-26(10-12-27)35(3)20-22-13-15-34-16-14-22/h5-12,17,19,21-22,32,34H,13-16,18,20H2,1-4H3/t32-/m0/s1. The first-order valence-corrected chi connectivity index (χ1v) is 14.2. The quantitative estimate of drug-likeness (QED) is 0.361. The van der Waals surface area contributed by atoms with E-state index in [1.807, 2.05) is 55.1 Å². The van der Waals surface area contributed by atoms with Gasteiger partial charge in [-0.25, -0.2) is 0 Å². The lowest BCUT2D eigenvalue weighted by Crippen LogP contribution is -2.41. The van der Waals surface area contributed by atoms with Crippen molar-refractivity contribution in [3.63, 3.8) is 0 Å². The highest BCUT2D eigenvalue weighted by molar-refractivity contribution is 6.30. The molecule has 1 atom stereocenters. The third kappa shape index (κ3) is 6.02. The number of methoxy groups -OCH3 is 1. The monoisotopic (exact) mass is 547 g/mol. The van der Waals surface area contributed by atoms with Crippen molar-refractivity contribution in [1.29, 1.82) is 0 Å². The fourth-order valence-corrected chi connectivity index (χ4v) is 5.88. The van der Waals surface area contributed by atoms with E-state index in [0.29, 0.717) is 22.4 Å². The number of carbonyl (C=O) groups is 1. The minimum Gasteiger partial charge on any atom is -0.493 e. The van der Waals surface area contributed by atoms with Crippen LogP contribution in [0.1, 0.15) is 49.4 Å². The zero-order chi connectivity index (χ0) is 27.5. The number of carbonyl (C=O) groups excluding carboxylic acids is 1. The maximum Gasteiger partial charge on any atom is 0.232 e. The first kappa shape index (κ1) is 27.4. The fourth-order valence-electron chi connectivity index (χ4n) is 5.75. The summed E-state index contributed by atoms with van der Waals surface area (Å²) in [6.07, 6.45) is 2.69. The molecule has 0 unspecified atom stereocenters. The molecule has 5 rings (SSSR count). The lowest BCUT2D eigenvalue weighted by molar-refractivity contribution is -0.118. The number of nitrogens with one attached hydrogen (secondary N) is 1. The van der Waals surface area contributed by atoms with E-state index in [-0.39, 0.29) is 24.5 Å². The second kappa shape index (κ2) is 11.9. The van der Waals surface area contributed by atoms with Gasteiger partial charge in [-0.1, -0.05) is 23.7 Å². The van der Waals surface area contributed by atoms with Crippen molar-refractivity contribution in [1.82, 2.24) is 5.32 Å². The molecule has 2 heterocycles. The summed E-state index contributed by atoms with van der Waals surface area (Å²) in [5.41, 5.74) is 4.98. The van der Waals surface area contributed by atoms with Crippen molar-refractivity contribution in [3.8, 4) is 11.5 Å². The summed E-state index contributed by atoms with van der Waals surface area (Å²) in [6.45, 7) is 7.21. The number of hydrogen-bond acceptors (Lipinski definition) is 5. The van der Waals surface area contributed by atoms with Gasteiger partial charge < -0.3 is 24.6 Å². The summed E-state index contributed by atoms with van der Waals surface area (Å²) in [6, 6.07) is 19.8. The second-order valence-electron chi connectivity index (χ2n) is 10.9. The van der Waals surface area contributed by atoms with Crippen molar-refractivity contribution in [2.45, 2.75) is 45.3 Å². The van der Waals surface area contributed by atoms with Gasteiger partial charge in [-0.2, -0.15) is 0 Å². The van der Waals surface area contributed by atoms with Crippen LogP contribution < -0.4 is 24.6 Å². The fraction of sp³-hybridized carbons (Fsp3) is 0.406. The molecule has 1 fully saturated rings. The molecule has 0 radical (unpaired) electrons. The summed E-state index contributed by atoms with van der Waals surface area (Å²) in [5, 5.41) is 4.10. The van der Waals surface area contributed by atoms with Gasteiger partial charge in [0, 0.05) is 30.0 Å². The molecule has 3 aromatic carbocycles. The molecule has 1 N–H and O–H groups in total. The normalized spacial score (nSPS) is 17.7. The van der Waals surface area contributed by atoms with E-state index in [1.54, 1.807) is 7.11 Å². The molecule has 7 heteroatoms. The molecule has 3 aromatic rings. The molecule has 0 aliphatic carbocycles. The van der Waals surface area contributed by atoms with E-state index < -0.39 is 0 Å². The highest BCUT2D eigenvalue weighted by Crippen LogP contribution is 2.44. The van der Waals surface area contributed by atoms with Crippen LogP contribution in [0.4, 0.5) is 11.4 Å². The summed E-state index contributed by atoms with van der Waals surface area (Å²) in [4.78, 5) is 18.0. The molecule has 0 saturated carbocycles. The first-order valence-electron chi connectivity index (χ1n) is 13.8. The Kier molecular flexibility index (Phi) is 8.34. The van der Waals surface area contributed by atoms with E-state index >= 15 is 0 Å². The molecule has 0 bridgehead atoms. The number of anilines is 2. The zero-order valence-electron chi connectivity index (χ0n) is 23.2. The third-order valence-corrected chi connectivity index (χ3v) is 7.95. The molecule has 206 valence electrons. The summed E-state index contributed by atoms with van der Waals surface area (Å²) in [5.74, 6) is 2.05. The van der Waals surface area contributed by atoms with Crippen LogP contribution in [-0.2, 0) is 11.2 Å². The lowest BCUT2D eigenvalue weighted by Gasteiger charge is -2.38.